The monoisotopic (exact) mass is 259 g/mol. The first-order valence-electron chi connectivity index (χ1n) is 6.02. The lowest BCUT2D eigenvalue weighted by molar-refractivity contribution is 0.626. The standard InChI is InChI=1S/C11H18ClN3S/c1-2-10-14-11(16-15-10)13-9-7-5-3-4-6-8(9)12/h8-9H,2-7H2,1H3,(H,13,14,15). The number of halogens is 1. The molecule has 90 valence electrons. The molecule has 0 bridgehead atoms. The summed E-state index contributed by atoms with van der Waals surface area (Å²) >= 11 is 7.82. The van der Waals surface area contributed by atoms with Crippen LogP contribution in [-0.4, -0.2) is 20.8 Å². The Bertz CT molecular complexity index is 329. The largest absolute Gasteiger partial charge is 0.356 e. The van der Waals surface area contributed by atoms with Crippen LogP contribution in [0.2, 0.25) is 0 Å². The highest BCUT2D eigenvalue weighted by Crippen LogP contribution is 2.25. The van der Waals surface area contributed by atoms with Gasteiger partial charge >= 0.3 is 0 Å². The van der Waals surface area contributed by atoms with E-state index in [0.29, 0.717) is 6.04 Å². The molecule has 1 aromatic rings. The molecule has 2 rings (SSSR count). The average Bonchev–Trinajstić information content (AvgIpc) is 2.65. The van der Waals surface area contributed by atoms with Gasteiger partial charge in [-0.3, -0.25) is 0 Å². The summed E-state index contributed by atoms with van der Waals surface area (Å²) in [6.07, 6.45) is 6.97. The van der Waals surface area contributed by atoms with E-state index in [1.165, 1.54) is 30.8 Å². The predicted molar refractivity (Wildman–Crippen MR) is 69.4 cm³/mol. The van der Waals surface area contributed by atoms with Crippen molar-refractivity contribution in [3.05, 3.63) is 5.82 Å². The van der Waals surface area contributed by atoms with E-state index in [2.05, 4.69) is 21.6 Å². The maximum Gasteiger partial charge on any atom is 0.202 e. The fourth-order valence-corrected chi connectivity index (χ4v) is 3.10. The van der Waals surface area contributed by atoms with Gasteiger partial charge in [-0.2, -0.15) is 4.37 Å². The number of anilines is 1. The fraction of sp³-hybridized carbons (Fsp3) is 0.818. The van der Waals surface area contributed by atoms with E-state index < -0.39 is 0 Å². The first-order valence-corrected chi connectivity index (χ1v) is 7.23. The molecule has 1 N–H and O–H groups in total. The number of nitrogens with one attached hydrogen (secondary N) is 1. The molecular weight excluding hydrogens is 242 g/mol. The highest BCUT2D eigenvalue weighted by atomic mass is 35.5. The summed E-state index contributed by atoms with van der Waals surface area (Å²) in [4.78, 5) is 4.43. The molecule has 1 saturated carbocycles. The summed E-state index contributed by atoms with van der Waals surface area (Å²) in [5.41, 5.74) is 0. The number of aryl methyl sites for hydroxylation is 1. The van der Waals surface area contributed by atoms with Gasteiger partial charge < -0.3 is 5.32 Å². The SMILES string of the molecule is CCc1nsc(NC2CCCCCC2Cl)n1. The highest BCUT2D eigenvalue weighted by molar-refractivity contribution is 7.09. The zero-order valence-corrected chi connectivity index (χ0v) is 11.2. The average molecular weight is 260 g/mol. The van der Waals surface area contributed by atoms with E-state index in [0.717, 1.165) is 30.2 Å². The van der Waals surface area contributed by atoms with Crippen molar-refractivity contribution < 1.29 is 0 Å². The lowest BCUT2D eigenvalue weighted by atomic mass is 10.1. The molecule has 0 aromatic carbocycles. The van der Waals surface area contributed by atoms with Crippen LogP contribution in [0.5, 0.6) is 0 Å². The number of hydrogen-bond acceptors (Lipinski definition) is 4. The molecule has 0 spiro atoms. The Morgan fingerprint density at radius 2 is 2.19 bits per heavy atom. The molecule has 1 aromatic heterocycles. The Morgan fingerprint density at radius 3 is 2.94 bits per heavy atom. The van der Waals surface area contributed by atoms with Crippen LogP contribution in [-0.2, 0) is 6.42 Å². The van der Waals surface area contributed by atoms with Crippen LogP contribution in [0.15, 0.2) is 0 Å². The van der Waals surface area contributed by atoms with Crippen molar-refractivity contribution >= 4 is 28.3 Å². The molecule has 0 aliphatic heterocycles. The molecule has 2 unspecified atom stereocenters. The summed E-state index contributed by atoms with van der Waals surface area (Å²) < 4.78 is 4.27. The van der Waals surface area contributed by atoms with Crippen molar-refractivity contribution in [1.29, 1.82) is 0 Å². The van der Waals surface area contributed by atoms with E-state index in [9.17, 15) is 0 Å². The Hall–Kier alpha value is -0.350. The third-order valence-electron chi connectivity index (χ3n) is 3.02. The van der Waals surface area contributed by atoms with Gasteiger partial charge in [0.15, 0.2) is 0 Å². The van der Waals surface area contributed by atoms with Crippen molar-refractivity contribution in [3.63, 3.8) is 0 Å². The maximum atomic E-state index is 6.37. The van der Waals surface area contributed by atoms with Gasteiger partial charge in [-0.25, -0.2) is 4.98 Å². The number of nitrogens with zero attached hydrogens (tertiary/aromatic N) is 2. The Morgan fingerprint density at radius 1 is 1.38 bits per heavy atom. The lowest BCUT2D eigenvalue weighted by Gasteiger charge is -2.20. The third kappa shape index (κ3) is 3.08. The summed E-state index contributed by atoms with van der Waals surface area (Å²) in [5, 5.41) is 4.60. The zero-order chi connectivity index (χ0) is 11.4. The van der Waals surface area contributed by atoms with Gasteiger partial charge in [-0.05, 0) is 12.8 Å². The van der Waals surface area contributed by atoms with Gasteiger partial charge in [0.2, 0.25) is 5.13 Å². The second kappa shape index (κ2) is 5.82. The van der Waals surface area contributed by atoms with Crippen LogP contribution < -0.4 is 5.32 Å². The first kappa shape index (κ1) is 12.1. The summed E-state index contributed by atoms with van der Waals surface area (Å²) in [6, 6.07) is 0.363. The minimum absolute atomic E-state index is 0.233. The highest BCUT2D eigenvalue weighted by Gasteiger charge is 2.22. The van der Waals surface area contributed by atoms with Crippen molar-refractivity contribution in [1.82, 2.24) is 9.36 Å². The van der Waals surface area contributed by atoms with Gasteiger partial charge in [0, 0.05) is 24.0 Å². The number of alkyl halides is 1. The fourth-order valence-electron chi connectivity index (χ4n) is 2.04. The van der Waals surface area contributed by atoms with E-state index >= 15 is 0 Å². The Labute approximate surface area is 106 Å². The van der Waals surface area contributed by atoms with Crippen LogP contribution in [0.4, 0.5) is 5.13 Å². The molecule has 3 nitrogen and oxygen atoms in total. The molecule has 5 heteroatoms. The van der Waals surface area contributed by atoms with Gasteiger partial charge in [0.05, 0.1) is 5.38 Å². The molecule has 0 amide bonds. The smallest absolute Gasteiger partial charge is 0.202 e. The van der Waals surface area contributed by atoms with Crippen molar-refractivity contribution in [2.75, 3.05) is 5.32 Å². The van der Waals surface area contributed by atoms with E-state index in [1.807, 2.05) is 0 Å². The van der Waals surface area contributed by atoms with Crippen molar-refractivity contribution in [2.45, 2.75) is 56.9 Å². The van der Waals surface area contributed by atoms with Crippen LogP contribution in [0.25, 0.3) is 0 Å². The second-order valence-corrected chi connectivity index (χ2v) is 5.59. The molecule has 0 radical (unpaired) electrons. The molecule has 1 fully saturated rings. The minimum atomic E-state index is 0.233. The summed E-state index contributed by atoms with van der Waals surface area (Å²) in [7, 11) is 0. The quantitative estimate of drug-likeness (QED) is 0.667. The lowest BCUT2D eigenvalue weighted by Crippen LogP contribution is -2.28. The molecule has 1 aliphatic carbocycles. The molecule has 1 heterocycles. The van der Waals surface area contributed by atoms with Crippen LogP contribution in [0.3, 0.4) is 0 Å². The first-order chi connectivity index (χ1) is 7.79. The van der Waals surface area contributed by atoms with Gasteiger partial charge in [-0.15, -0.1) is 11.6 Å². The Kier molecular flexibility index (Phi) is 4.41. The second-order valence-electron chi connectivity index (χ2n) is 4.27. The van der Waals surface area contributed by atoms with E-state index in [4.69, 9.17) is 11.6 Å². The van der Waals surface area contributed by atoms with Crippen LogP contribution in [0, 0.1) is 0 Å². The number of rotatable bonds is 3. The van der Waals surface area contributed by atoms with Gasteiger partial charge in [0.1, 0.15) is 5.82 Å². The molecular formula is C11H18ClN3S. The van der Waals surface area contributed by atoms with Crippen LogP contribution >= 0.6 is 23.1 Å². The molecule has 2 atom stereocenters. The summed E-state index contributed by atoms with van der Waals surface area (Å²) in [6.45, 7) is 2.07. The Balaban J connectivity index is 1.96. The minimum Gasteiger partial charge on any atom is -0.356 e. The molecule has 0 saturated heterocycles. The van der Waals surface area contributed by atoms with Gasteiger partial charge in [0.25, 0.3) is 0 Å². The number of hydrogen-bond donors (Lipinski definition) is 1. The van der Waals surface area contributed by atoms with Gasteiger partial charge in [-0.1, -0.05) is 26.2 Å². The zero-order valence-electron chi connectivity index (χ0n) is 9.58. The van der Waals surface area contributed by atoms with E-state index in [1.54, 1.807) is 0 Å². The predicted octanol–water partition coefficient (Wildman–Crippen LogP) is 3.45. The van der Waals surface area contributed by atoms with Crippen molar-refractivity contribution in [3.8, 4) is 0 Å². The molecule has 1 aliphatic rings. The third-order valence-corrected chi connectivity index (χ3v) is 4.23. The van der Waals surface area contributed by atoms with Crippen molar-refractivity contribution in [2.24, 2.45) is 0 Å². The summed E-state index contributed by atoms with van der Waals surface area (Å²) in [5.74, 6) is 0.923. The van der Waals surface area contributed by atoms with E-state index in [-0.39, 0.29) is 5.38 Å². The normalized spacial score (nSPS) is 26.4. The topological polar surface area (TPSA) is 37.8 Å². The maximum absolute atomic E-state index is 6.37. The molecule has 16 heavy (non-hydrogen) atoms. The number of aromatic nitrogens is 2. The van der Waals surface area contributed by atoms with Crippen LogP contribution in [0.1, 0.15) is 44.9 Å².